The van der Waals surface area contributed by atoms with Crippen molar-refractivity contribution in [1.82, 2.24) is 4.98 Å². The van der Waals surface area contributed by atoms with Crippen molar-refractivity contribution in [3.63, 3.8) is 0 Å². The van der Waals surface area contributed by atoms with Crippen LogP contribution in [0, 0.1) is 5.92 Å². The molecule has 1 aliphatic rings. The molecule has 1 fully saturated rings. The van der Waals surface area contributed by atoms with Gasteiger partial charge in [0, 0.05) is 23.6 Å². The molecule has 1 unspecified atom stereocenters. The molecule has 0 spiro atoms. The molecule has 9 nitrogen and oxygen atoms in total. The number of rotatable bonds is 7. The van der Waals surface area contributed by atoms with Crippen molar-refractivity contribution < 1.29 is 58.6 Å². The molecule has 4 rings (SSSR count). The summed E-state index contributed by atoms with van der Waals surface area (Å²) in [6, 6.07) is 7.12. The van der Waals surface area contributed by atoms with Gasteiger partial charge in [-0.25, -0.2) is 18.0 Å². The maximum Gasteiger partial charge on any atom is 0.501 e. The summed E-state index contributed by atoms with van der Waals surface area (Å²) < 4.78 is 101. The molecular formula is C26H22F6N3O6S+. The van der Waals surface area contributed by atoms with Gasteiger partial charge < -0.3 is 0 Å². The summed E-state index contributed by atoms with van der Waals surface area (Å²) in [6.45, 7) is 2.49. The van der Waals surface area contributed by atoms with Crippen LogP contribution in [0.4, 0.5) is 36.8 Å². The van der Waals surface area contributed by atoms with Crippen molar-refractivity contribution in [2.24, 2.45) is 5.92 Å². The Balaban J connectivity index is 1.89. The number of carbonyl (C=O) groups excluding carboxylic acids is 3. The minimum absolute atomic E-state index is 0.207. The summed E-state index contributed by atoms with van der Waals surface area (Å²) in [6.07, 6.45) is -4.48. The fraction of sp³-hybridized carbons (Fsp3) is 0.308. The molecule has 1 aliphatic heterocycles. The Bertz CT molecular complexity index is 1650. The molecule has 0 bridgehead atoms. The van der Waals surface area contributed by atoms with Crippen molar-refractivity contribution in [2.45, 2.75) is 49.4 Å². The van der Waals surface area contributed by atoms with E-state index in [4.69, 9.17) is 4.84 Å². The number of hydroxylamine groups is 3. The van der Waals surface area contributed by atoms with Crippen LogP contribution in [0.5, 0.6) is 0 Å². The van der Waals surface area contributed by atoms with Gasteiger partial charge in [-0.3, -0.25) is 14.6 Å². The normalized spacial score (nSPS) is 20.0. The number of fused-ring (bicyclic) bond motifs is 1. The van der Waals surface area contributed by atoms with E-state index in [0.717, 1.165) is 12.1 Å². The van der Waals surface area contributed by atoms with Crippen LogP contribution in [0.2, 0.25) is 0 Å². The standard InChI is InChI=1S/C26H22F6N3O6S/c1-15(2)13-21-22(36)34(17-7-9-18(10-8-17)42(39,40)26(30,31)32)24(38)35(21,41-23(37)25(27,28)29)14-16-11-12-33-20-6-4-3-5-19(16)20/h3-12,15,21H,13-14H2,1-2H3/q+1/t21-,35?/m1/s1. The Kier molecular flexibility index (Phi) is 7.84. The highest BCUT2D eigenvalue weighted by Gasteiger charge is 2.67. The number of nitrogens with zero attached hydrogens (tertiary/aromatic N) is 3. The maximum atomic E-state index is 14.0. The van der Waals surface area contributed by atoms with Gasteiger partial charge in [0.2, 0.25) is 6.04 Å². The molecule has 1 aromatic heterocycles. The monoisotopic (exact) mass is 618 g/mol. The minimum atomic E-state index is -5.78. The third kappa shape index (κ3) is 5.43. The number of urea groups is 1. The molecule has 0 saturated carbocycles. The number of aromatic nitrogens is 1. The van der Waals surface area contributed by atoms with E-state index >= 15 is 0 Å². The van der Waals surface area contributed by atoms with Crippen LogP contribution in [0.25, 0.3) is 10.9 Å². The molecular weight excluding hydrogens is 596 g/mol. The summed E-state index contributed by atoms with van der Waals surface area (Å²) >= 11 is 0. The average molecular weight is 619 g/mol. The number of sulfone groups is 1. The number of alkyl halides is 6. The number of anilines is 1. The van der Waals surface area contributed by atoms with Crippen molar-refractivity contribution in [1.29, 1.82) is 0 Å². The number of pyridine rings is 1. The zero-order valence-electron chi connectivity index (χ0n) is 21.8. The first-order chi connectivity index (χ1) is 19.4. The Morgan fingerprint density at radius 2 is 1.62 bits per heavy atom. The molecule has 16 heteroatoms. The van der Waals surface area contributed by atoms with E-state index in [9.17, 15) is 49.1 Å². The Morgan fingerprint density at radius 3 is 2.19 bits per heavy atom. The van der Waals surface area contributed by atoms with Crippen LogP contribution >= 0.6 is 0 Å². The lowest BCUT2D eigenvalue weighted by molar-refractivity contribution is -1.04. The minimum Gasteiger partial charge on any atom is -0.267 e. The SMILES string of the molecule is CC(C)C[C@@H]1C(=O)N(c2ccc(S(=O)(=O)C(F)(F)F)cc2)C(=O)[N+]1(Cc1ccnc2ccccc12)OC(=O)C(F)(F)F. The van der Waals surface area contributed by atoms with Gasteiger partial charge in [-0.05, 0) is 47.0 Å². The van der Waals surface area contributed by atoms with Gasteiger partial charge in [0.05, 0.1) is 16.1 Å². The first-order valence-corrected chi connectivity index (χ1v) is 13.7. The average Bonchev–Trinajstić information content (AvgIpc) is 3.08. The number of hydrogen-bond donors (Lipinski definition) is 0. The summed E-state index contributed by atoms with van der Waals surface area (Å²) in [5.74, 6) is -4.26. The van der Waals surface area contributed by atoms with E-state index in [1.807, 2.05) is 0 Å². The van der Waals surface area contributed by atoms with Gasteiger partial charge in [0.25, 0.3) is 9.84 Å². The number of hydrogen-bond acceptors (Lipinski definition) is 7. The molecule has 2 heterocycles. The van der Waals surface area contributed by atoms with Gasteiger partial charge in [-0.2, -0.15) is 31.2 Å². The molecule has 42 heavy (non-hydrogen) atoms. The summed E-state index contributed by atoms with van der Waals surface area (Å²) in [4.78, 5) is 48.2. The summed E-state index contributed by atoms with van der Waals surface area (Å²) in [5.41, 5.74) is -5.48. The van der Waals surface area contributed by atoms with Crippen molar-refractivity contribution in [3.8, 4) is 0 Å². The van der Waals surface area contributed by atoms with E-state index in [1.165, 1.54) is 12.3 Å². The quantitative estimate of drug-likeness (QED) is 0.197. The first-order valence-electron chi connectivity index (χ1n) is 12.2. The van der Waals surface area contributed by atoms with Crippen molar-refractivity contribution in [3.05, 3.63) is 66.4 Å². The smallest absolute Gasteiger partial charge is 0.267 e. The van der Waals surface area contributed by atoms with Crippen LogP contribution < -0.4 is 4.90 Å². The van der Waals surface area contributed by atoms with E-state index in [2.05, 4.69) is 4.98 Å². The summed E-state index contributed by atoms with van der Waals surface area (Å²) in [7, 11) is -5.78. The second-order valence-electron chi connectivity index (χ2n) is 9.86. The van der Waals surface area contributed by atoms with Crippen LogP contribution in [-0.2, 0) is 30.8 Å². The predicted octanol–water partition coefficient (Wildman–Crippen LogP) is 5.45. The highest BCUT2D eigenvalue weighted by molar-refractivity contribution is 7.92. The highest BCUT2D eigenvalue weighted by atomic mass is 32.2. The molecule has 0 N–H and O–H groups in total. The van der Waals surface area contributed by atoms with E-state index < -0.39 is 73.2 Å². The van der Waals surface area contributed by atoms with E-state index in [-0.39, 0.29) is 12.0 Å². The fourth-order valence-electron chi connectivity index (χ4n) is 4.65. The van der Waals surface area contributed by atoms with Gasteiger partial charge in [0.1, 0.15) is 0 Å². The van der Waals surface area contributed by atoms with Crippen LogP contribution in [-0.4, -0.2) is 53.7 Å². The highest BCUT2D eigenvalue weighted by Crippen LogP contribution is 2.40. The van der Waals surface area contributed by atoms with Crippen LogP contribution in [0.1, 0.15) is 25.8 Å². The number of halogens is 6. The van der Waals surface area contributed by atoms with Gasteiger partial charge >= 0.3 is 29.6 Å². The molecule has 3 amide bonds. The zero-order valence-corrected chi connectivity index (χ0v) is 22.6. The van der Waals surface area contributed by atoms with Gasteiger partial charge in [-0.1, -0.05) is 32.0 Å². The van der Waals surface area contributed by atoms with Crippen LogP contribution in [0.15, 0.2) is 65.7 Å². The third-order valence-electron chi connectivity index (χ3n) is 6.55. The van der Waals surface area contributed by atoms with Crippen molar-refractivity contribution >= 4 is 44.3 Å². The lowest BCUT2D eigenvalue weighted by atomic mass is 10.0. The van der Waals surface area contributed by atoms with Crippen LogP contribution in [0.3, 0.4) is 0 Å². The molecule has 0 radical (unpaired) electrons. The topological polar surface area (TPSA) is 111 Å². The second kappa shape index (κ2) is 10.7. The third-order valence-corrected chi connectivity index (χ3v) is 8.05. The molecule has 224 valence electrons. The predicted molar refractivity (Wildman–Crippen MR) is 134 cm³/mol. The molecule has 2 atom stereocenters. The number of amides is 3. The Hall–Kier alpha value is -4.05. The summed E-state index contributed by atoms with van der Waals surface area (Å²) in [5, 5.41) is 0.393. The van der Waals surface area contributed by atoms with Gasteiger partial charge in [-0.15, -0.1) is 0 Å². The second-order valence-corrected chi connectivity index (χ2v) is 11.8. The Morgan fingerprint density at radius 1 is 1.00 bits per heavy atom. The number of imide groups is 1. The lowest BCUT2D eigenvalue weighted by Gasteiger charge is -2.32. The number of para-hydroxylation sites is 1. The van der Waals surface area contributed by atoms with Crippen molar-refractivity contribution in [2.75, 3.05) is 4.90 Å². The largest absolute Gasteiger partial charge is 0.501 e. The van der Waals surface area contributed by atoms with E-state index in [0.29, 0.717) is 27.9 Å². The zero-order chi connectivity index (χ0) is 31.3. The number of quaternary nitrogens is 1. The fourth-order valence-corrected chi connectivity index (χ4v) is 5.41. The maximum absolute atomic E-state index is 14.0. The lowest BCUT2D eigenvalue weighted by Crippen LogP contribution is -2.58. The van der Waals surface area contributed by atoms with Gasteiger partial charge in [0.15, 0.2) is 6.54 Å². The molecule has 2 aromatic carbocycles. The molecule has 1 saturated heterocycles. The number of carbonyl (C=O) groups is 3. The molecule has 3 aromatic rings. The Labute approximate surface area is 234 Å². The first kappa shape index (κ1) is 30.9. The number of benzene rings is 2. The molecule has 0 aliphatic carbocycles. The van der Waals surface area contributed by atoms with E-state index in [1.54, 1.807) is 38.1 Å².